The number of carboxylic acids is 1. The minimum Gasteiger partial charge on any atom is -0.481 e. The molecular formula is C6H9ClO2. The van der Waals surface area contributed by atoms with Gasteiger partial charge in [-0.3, -0.25) is 4.79 Å². The Bertz CT molecular complexity index is 104. The van der Waals surface area contributed by atoms with Crippen molar-refractivity contribution in [2.24, 2.45) is 0 Å². The van der Waals surface area contributed by atoms with Crippen LogP contribution in [0.25, 0.3) is 0 Å². The lowest BCUT2D eigenvalue weighted by Crippen LogP contribution is -1.78. The Morgan fingerprint density at radius 3 is 2.11 bits per heavy atom. The fourth-order valence-electron chi connectivity index (χ4n) is 0.0514. The molecule has 0 aliphatic carbocycles. The van der Waals surface area contributed by atoms with Crippen LogP contribution < -0.4 is 0 Å². The number of halogens is 1. The van der Waals surface area contributed by atoms with Crippen molar-refractivity contribution >= 4 is 17.6 Å². The van der Waals surface area contributed by atoms with Crippen LogP contribution in [0.3, 0.4) is 0 Å². The van der Waals surface area contributed by atoms with Gasteiger partial charge in [-0.15, -0.1) is 0 Å². The van der Waals surface area contributed by atoms with Crippen LogP contribution in [0.2, 0.25) is 0 Å². The van der Waals surface area contributed by atoms with Crippen molar-refractivity contribution in [1.82, 2.24) is 0 Å². The summed E-state index contributed by atoms with van der Waals surface area (Å²) in [6.07, 6.45) is 3.27. The summed E-state index contributed by atoms with van der Waals surface area (Å²) in [5, 5.41) is 7.42. The predicted octanol–water partition coefficient (Wildman–Crippen LogP) is 2.02. The lowest BCUT2D eigenvalue weighted by atomic mass is 10.6. The van der Waals surface area contributed by atoms with E-state index in [1.807, 2.05) is 0 Å². The van der Waals surface area contributed by atoms with Gasteiger partial charge in [-0.1, -0.05) is 30.3 Å². The van der Waals surface area contributed by atoms with Gasteiger partial charge < -0.3 is 5.11 Å². The number of hydrogen-bond acceptors (Lipinski definition) is 1. The summed E-state index contributed by atoms with van der Waals surface area (Å²) in [5.74, 6) is -0.833. The Kier molecular flexibility index (Phi) is 12.7. The molecule has 0 atom stereocenters. The molecule has 0 aromatic carbocycles. The van der Waals surface area contributed by atoms with Gasteiger partial charge in [0.1, 0.15) is 0 Å². The van der Waals surface area contributed by atoms with Gasteiger partial charge in [0, 0.05) is 12.5 Å². The molecule has 0 spiro atoms. The van der Waals surface area contributed by atoms with Crippen LogP contribution >= 0.6 is 11.6 Å². The largest absolute Gasteiger partial charge is 0.481 e. The predicted molar refractivity (Wildman–Crippen MR) is 38.5 cm³/mol. The SMILES string of the molecule is C=CC=CCl.CC(=O)O. The highest BCUT2D eigenvalue weighted by Crippen LogP contribution is 1.74. The Labute approximate surface area is 59.4 Å². The third-order valence-electron chi connectivity index (χ3n) is 0.209. The highest BCUT2D eigenvalue weighted by Gasteiger charge is 1.65. The molecule has 3 heteroatoms. The van der Waals surface area contributed by atoms with E-state index in [4.69, 9.17) is 21.5 Å². The molecule has 0 amide bonds. The Balaban J connectivity index is 0. The summed E-state index contributed by atoms with van der Waals surface area (Å²) in [4.78, 5) is 9.00. The molecule has 0 heterocycles. The first-order valence-corrected chi connectivity index (χ1v) is 2.66. The van der Waals surface area contributed by atoms with Crippen molar-refractivity contribution < 1.29 is 9.90 Å². The molecule has 0 aliphatic rings. The molecular weight excluding hydrogens is 140 g/mol. The van der Waals surface area contributed by atoms with Gasteiger partial charge in [0.15, 0.2) is 0 Å². The highest BCUT2D eigenvalue weighted by atomic mass is 35.5. The van der Waals surface area contributed by atoms with E-state index in [0.717, 1.165) is 6.92 Å². The van der Waals surface area contributed by atoms with Crippen molar-refractivity contribution in [3.8, 4) is 0 Å². The zero-order valence-corrected chi connectivity index (χ0v) is 5.93. The van der Waals surface area contributed by atoms with Crippen LogP contribution in [-0.4, -0.2) is 11.1 Å². The van der Waals surface area contributed by atoms with Gasteiger partial charge in [0.05, 0.1) is 0 Å². The Hall–Kier alpha value is -0.760. The summed E-state index contributed by atoms with van der Waals surface area (Å²) < 4.78 is 0. The average molecular weight is 149 g/mol. The zero-order valence-electron chi connectivity index (χ0n) is 5.17. The normalized spacial score (nSPS) is 7.78. The maximum atomic E-state index is 9.00. The first kappa shape index (κ1) is 11.1. The number of allylic oxidation sites excluding steroid dienone is 2. The van der Waals surface area contributed by atoms with Crippen LogP contribution in [0.15, 0.2) is 24.3 Å². The molecule has 0 aliphatic heterocycles. The van der Waals surface area contributed by atoms with Crippen molar-refractivity contribution in [2.45, 2.75) is 6.92 Å². The second-order valence-electron chi connectivity index (χ2n) is 1.07. The van der Waals surface area contributed by atoms with Crippen LogP contribution in [0.4, 0.5) is 0 Å². The van der Waals surface area contributed by atoms with Crippen molar-refractivity contribution in [2.75, 3.05) is 0 Å². The number of carboxylic acid groups (broad SMARTS) is 1. The fraction of sp³-hybridized carbons (Fsp3) is 0.167. The van der Waals surface area contributed by atoms with E-state index >= 15 is 0 Å². The lowest BCUT2D eigenvalue weighted by Gasteiger charge is -1.59. The molecule has 0 saturated carbocycles. The smallest absolute Gasteiger partial charge is 0.300 e. The monoisotopic (exact) mass is 148 g/mol. The Morgan fingerprint density at radius 1 is 1.78 bits per heavy atom. The molecule has 0 fully saturated rings. The molecule has 0 aromatic rings. The quantitative estimate of drug-likeness (QED) is 0.578. The molecule has 1 N–H and O–H groups in total. The molecule has 2 nitrogen and oxygen atoms in total. The maximum absolute atomic E-state index is 9.00. The minimum absolute atomic E-state index is 0.833. The third kappa shape index (κ3) is 129. The standard InChI is InChI=1S/C4H5Cl.C2H4O2/c1-2-3-4-5;1-2(3)4/h2-4H,1H2;1H3,(H,3,4). The van der Waals surface area contributed by atoms with Crippen LogP contribution in [0.1, 0.15) is 6.92 Å². The minimum atomic E-state index is -0.833. The Morgan fingerprint density at radius 2 is 2.11 bits per heavy atom. The van der Waals surface area contributed by atoms with Gasteiger partial charge in [0.25, 0.3) is 5.97 Å². The molecule has 9 heavy (non-hydrogen) atoms. The van der Waals surface area contributed by atoms with E-state index < -0.39 is 5.97 Å². The fourth-order valence-corrected chi connectivity index (χ4v) is 0.154. The second-order valence-corrected chi connectivity index (χ2v) is 1.33. The zero-order chi connectivity index (χ0) is 7.70. The van der Waals surface area contributed by atoms with E-state index in [0.29, 0.717) is 0 Å². The summed E-state index contributed by atoms with van der Waals surface area (Å²) in [7, 11) is 0. The molecule has 0 unspecified atom stereocenters. The van der Waals surface area contributed by atoms with E-state index in [-0.39, 0.29) is 0 Å². The summed E-state index contributed by atoms with van der Waals surface area (Å²) >= 11 is 5.05. The van der Waals surface area contributed by atoms with Gasteiger partial charge in [-0.05, 0) is 0 Å². The van der Waals surface area contributed by atoms with Crippen LogP contribution in [0, 0.1) is 0 Å². The van der Waals surface area contributed by atoms with Gasteiger partial charge >= 0.3 is 0 Å². The second kappa shape index (κ2) is 10.3. The van der Waals surface area contributed by atoms with Crippen molar-refractivity contribution in [1.29, 1.82) is 0 Å². The number of aliphatic carboxylic acids is 1. The number of hydrogen-bond donors (Lipinski definition) is 1. The van der Waals surface area contributed by atoms with E-state index in [1.165, 1.54) is 5.54 Å². The lowest BCUT2D eigenvalue weighted by molar-refractivity contribution is -0.134. The summed E-state index contributed by atoms with van der Waals surface area (Å²) in [6, 6.07) is 0. The maximum Gasteiger partial charge on any atom is 0.300 e. The van der Waals surface area contributed by atoms with E-state index in [9.17, 15) is 0 Å². The highest BCUT2D eigenvalue weighted by molar-refractivity contribution is 6.25. The third-order valence-corrected chi connectivity index (χ3v) is 0.354. The number of rotatable bonds is 1. The van der Waals surface area contributed by atoms with E-state index in [2.05, 4.69) is 6.58 Å². The molecule has 0 rings (SSSR count). The van der Waals surface area contributed by atoms with Crippen LogP contribution in [0.5, 0.6) is 0 Å². The average Bonchev–Trinajstić information content (AvgIpc) is 1.66. The molecule has 0 saturated heterocycles. The molecule has 0 bridgehead atoms. The van der Waals surface area contributed by atoms with Gasteiger partial charge in [-0.2, -0.15) is 0 Å². The molecule has 0 aromatic heterocycles. The first-order chi connectivity index (χ1) is 4.15. The van der Waals surface area contributed by atoms with Gasteiger partial charge in [0.2, 0.25) is 0 Å². The van der Waals surface area contributed by atoms with Crippen LogP contribution in [-0.2, 0) is 4.79 Å². The molecule has 0 radical (unpaired) electrons. The first-order valence-electron chi connectivity index (χ1n) is 2.22. The summed E-state index contributed by atoms with van der Waals surface area (Å²) in [5.41, 5.74) is 1.41. The molecule has 52 valence electrons. The number of carbonyl (C=O) groups is 1. The summed E-state index contributed by atoms with van der Waals surface area (Å²) in [6.45, 7) is 4.46. The van der Waals surface area contributed by atoms with Crippen molar-refractivity contribution in [3.63, 3.8) is 0 Å². The topological polar surface area (TPSA) is 37.3 Å². The van der Waals surface area contributed by atoms with Crippen molar-refractivity contribution in [3.05, 3.63) is 24.3 Å². The van der Waals surface area contributed by atoms with E-state index in [1.54, 1.807) is 12.2 Å². The van der Waals surface area contributed by atoms with Gasteiger partial charge in [-0.25, -0.2) is 0 Å².